The fourth-order valence-electron chi connectivity index (χ4n) is 2.36. The SMILES string of the molecule is CC(=O)Oc1ccc2ccccc2c1N=Nc1ccc(S(=O)(=O)Cl)cc1. The molecule has 3 rings (SSSR count). The van der Waals surface area contributed by atoms with E-state index in [-0.39, 0.29) is 4.90 Å². The second-order valence-electron chi connectivity index (χ2n) is 5.36. The number of esters is 1. The number of benzene rings is 3. The summed E-state index contributed by atoms with van der Waals surface area (Å²) in [6, 6.07) is 16.6. The predicted octanol–water partition coefficient (Wildman–Crippen LogP) is 5.11. The third-order valence-corrected chi connectivity index (χ3v) is 4.87. The fourth-order valence-corrected chi connectivity index (χ4v) is 3.13. The molecule has 0 aliphatic rings. The Kier molecular flexibility index (Phi) is 5.01. The minimum absolute atomic E-state index is 0.0242. The van der Waals surface area contributed by atoms with Crippen LogP contribution in [0.1, 0.15) is 6.92 Å². The summed E-state index contributed by atoms with van der Waals surface area (Å²) in [7, 11) is 1.49. The van der Waals surface area contributed by atoms with E-state index in [4.69, 9.17) is 15.4 Å². The monoisotopic (exact) mass is 388 g/mol. The van der Waals surface area contributed by atoms with E-state index < -0.39 is 15.0 Å². The Morgan fingerprint density at radius 1 is 0.962 bits per heavy atom. The number of fused-ring (bicyclic) bond motifs is 1. The van der Waals surface area contributed by atoms with Crippen LogP contribution in [0.15, 0.2) is 75.8 Å². The van der Waals surface area contributed by atoms with E-state index in [9.17, 15) is 13.2 Å². The molecule has 26 heavy (non-hydrogen) atoms. The Morgan fingerprint density at radius 3 is 2.31 bits per heavy atom. The van der Waals surface area contributed by atoms with Crippen LogP contribution >= 0.6 is 10.7 Å². The number of carbonyl (C=O) groups is 1. The number of ether oxygens (including phenoxy) is 1. The van der Waals surface area contributed by atoms with Gasteiger partial charge in [-0.25, -0.2) is 8.42 Å². The summed E-state index contributed by atoms with van der Waals surface area (Å²) in [6.07, 6.45) is 0. The number of rotatable bonds is 4. The molecule has 0 atom stereocenters. The largest absolute Gasteiger partial charge is 0.424 e. The van der Waals surface area contributed by atoms with Crippen LogP contribution in [0.5, 0.6) is 5.75 Å². The van der Waals surface area contributed by atoms with Gasteiger partial charge in [-0.1, -0.05) is 30.3 Å². The molecule has 0 amide bonds. The number of hydrogen-bond acceptors (Lipinski definition) is 6. The first-order valence-corrected chi connectivity index (χ1v) is 9.82. The minimum Gasteiger partial charge on any atom is -0.424 e. The first-order valence-electron chi connectivity index (χ1n) is 7.51. The van der Waals surface area contributed by atoms with Crippen LogP contribution in [0.2, 0.25) is 0 Å². The lowest BCUT2D eigenvalue weighted by molar-refractivity contribution is -0.131. The highest BCUT2D eigenvalue weighted by Crippen LogP contribution is 2.37. The molecule has 0 bridgehead atoms. The van der Waals surface area contributed by atoms with Gasteiger partial charge in [0.05, 0.1) is 10.6 Å². The van der Waals surface area contributed by atoms with Crippen molar-refractivity contribution in [3.05, 3.63) is 60.7 Å². The molecule has 3 aromatic rings. The van der Waals surface area contributed by atoms with Crippen molar-refractivity contribution in [2.75, 3.05) is 0 Å². The van der Waals surface area contributed by atoms with E-state index in [1.165, 1.54) is 31.2 Å². The third kappa shape index (κ3) is 4.07. The quantitative estimate of drug-likeness (QED) is 0.269. The van der Waals surface area contributed by atoms with Crippen molar-refractivity contribution in [1.82, 2.24) is 0 Å². The van der Waals surface area contributed by atoms with Crippen molar-refractivity contribution in [2.45, 2.75) is 11.8 Å². The van der Waals surface area contributed by atoms with Crippen molar-refractivity contribution < 1.29 is 17.9 Å². The molecule has 6 nitrogen and oxygen atoms in total. The van der Waals surface area contributed by atoms with Gasteiger partial charge in [0.15, 0.2) is 5.75 Å². The molecule has 0 fully saturated rings. The van der Waals surface area contributed by atoms with Crippen LogP contribution in [0.3, 0.4) is 0 Å². The van der Waals surface area contributed by atoms with E-state index in [1.807, 2.05) is 30.3 Å². The van der Waals surface area contributed by atoms with Gasteiger partial charge in [-0.2, -0.15) is 5.11 Å². The van der Waals surface area contributed by atoms with Gasteiger partial charge in [-0.15, -0.1) is 5.11 Å². The van der Waals surface area contributed by atoms with E-state index in [1.54, 1.807) is 6.07 Å². The summed E-state index contributed by atoms with van der Waals surface area (Å²) in [5.41, 5.74) is 0.836. The second kappa shape index (κ2) is 7.23. The lowest BCUT2D eigenvalue weighted by atomic mass is 10.1. The number of azo groups is 1. The van der Waals surface area contributed by atoms with Crippen molar-refractivity contribution >= 4 is 47.8 Å². The van der Waals surface area contributed by atoms with Crippen LogP contribution in [0.4, 0.5) is 11.4 Å². The Bertz CT molecular complexity index is 1110. The maximum atomic E-state index is 11.3. The first-order chi connectivity index (χ1) is 12.3. The molecule has 0 spiro atoms. The first kappa shape index (κ1) is 18.0. The van der Waals surface area contributed by atoms with E-state index in [0.717, 1.165) is 10.8 Å². The van der Waals surface area contributed by atoms with Gasteiger partial charge in [-0.3, -0.25) is 4.79 Å². The molecular formula is C18H13ClN2O4S. The Morgan fingerprint density at radius 2 is 1.65 bits per heavy atom. The summed E-state index contributed by atoms with van der Waals surface area (Å²) in [4.78, 5) is 11.3. The Hall–Kier alpha value is -2.77. The van der Waals surface area contributed by atoms with Gasteiger partial charge >= 0.3 is 5.97 Å². The normalized spacial score (nSPS) is 11.8. The van der Waals surface area contributed by atoms with Crippen molar-refractivity contribution in [2.24, 2.45) is 10.2 Å². The van der Waals surface area contributed by atoms with Gasteiger partial charge in [0, 0.05) is 23.0 Å². The summed E-state index contributed by atoms with van der Waals surface area (Å²) in [6.45, 7) is 1.31. The molecule has 0 unspecified atom stereocenters. The molecule has 8 heteroatoms. The van der Waals surface area contributed by atoms with E-state index >= 15 is 0 Å². The number of hydrogen-bond donors (Lipinski definition) is 0. The number of nitrogens with zero attached hydrogens (tertiary/aromatic N) is 2. The topological polar surface area (TPSA) is 85.2 Å². The molecule has 0 aliphatic heterocycles. The van der Waals surface area contributed by atoms with Gasteiger partial charge in [0.1, 0.15) is 5.69 Å². The van der Waals surface area contributed by atoms with Crippen LogP contribution in [-0.2, 0) is 13.8 Å². The van der Waals surface area contributed by atoms with Gasteiger partial charge in [0.25, 0.3) is 9.05 Å². The van der Waals surface area contributed by atoms with Gasteiger partial charge < -0.3 is 4.74 Å². The standard InChI is InChI=1S/C18H13ClN2O4S/c1-12(22)25-17-11-6-13-4-2-3-5-16(13)18(17)21-20-14-7-9-15(10-8-14)26(19,23)24/h2-11H,1H3. The van der Waals surface area contributed by atoms with Gasteiger partial charge in [-0.05, 0) is 35.7 Å². The molecule has 0 aromatic heterocycles. The predicted molar refractivity (Wildman–Crippen MR) is 98.9 cm³/mol. The van der Waals surface area contributed by atoms with E-state index in [2.05, 4.69) is 10.2 Å². The Balaban J connectivity index is 2.03. The van der Waals surface area contributed by atoms with Crippen LogP contribution in [0.25, 0.3) is 10.8 Å². The zero-order valence-electron chi connectivity index (χ0n) is 13.6. The summed E-state index contributed by atoms with van der Waals surface area (Å²) >= 11 is 0. The average Bonchev–Trinajstić information content (AvgIpc) is 2.60. The van der Waals surface area contributed by atoms with Crippen LogP contribution < -0.4 is 4.74 Å². The van der Waals surface area contributed by atoms with Crippen molar-refractivity contribution in [3.63, 3.8) is 0 Å². The molecule has 0 heterocycles. The highest BCUT2D eigenvalue weighted by atomic mass is 35.7. The average molecular weight is 389 g/mol. The van der Waals surface area contributed by atoms with Crippen molar-refractivity contribution in [1.29, 1.82) is 0 Å². The fraction of sp³-hybridized carbons (Fsp3) is 0.0556. The van der Waals surface area contributed by atoms with Crippen LogP contribution in [0, 0.1) is 0 Å². The summed E-state index contributed by atoms with van der Waals surface area (Å²) in [5.74, 6) is -0.173. The summed E-state index contributed by atoms with van der Waals surface area (Å²) in [5, 5.41) is 10.0. The van der Waals surface area contributed by atoms with Crippen molar-refractivity contribution in [3.8, 4) is 5.75 Å². The lowest BCUT2D eigenvalue weighted by Crippen LogP contribution is -2.01. The highest BCUT2D eigenvalue weighted by molar-refractivity contribution is 8.13. The molecule has 0 radical (unpaired) electrons. The van der Waals surface area contributed by atoms with Gasteiger partial charge in [0.2, 0.25) is 0 Å². The number of carbonyl (C=O) groups excluding carboxylic acids is 1. The molecule has 0 N–H and O–H groups in total. The minimum atomic E-state index is -3.79. The summed E-state index contributed by atoms with van der Waals surface area (Å²) < 4.78 is 27.8. The second-order valence-corrected chi connectivity index (χ2v) is 7.92. The van der Waals surface area contributed by atoms with Crippen LogP contribution in [-0.4, -0.2) is 14.4 Å². The third-order valence-electron chi connectivity index (χ3n) is 3.50. The van der Waals surface area contributed by atoms with E-state index in [0.29, 0.717) is 17.1 Å². The Labute approximate surface area is 154 Å². The number of halogens is 1. The molecule has 0 saturated heterocycles. The maximum absolute atomic E-state index is 11.3. The maximum Gasteiger partial charge on any atom is 0.308 e. The molecular weight excluding hydrogens is 376 g/mol. The highest BCUT2D eigenvalue weighted by Gasteiger charge is 2.11. The lowest BCUT2D eigenvalue weighted by Gasteiger charge is -2.08. The molecule has 0 aliphatic carbocycles. The smallest absolute Gasteiger partial charge is 0.308 e. The molecule has 0 saturated carbocycles. The zero-order valence-corrected chi connectivity index (χ0v) is 15.2. The molecule has 132 valence electrons. The molecule has 3 aromatic carbocycles. The zero-order chi connectivity index (χ0) is 18.7.